The van der Waals surface area contributed by atoms with E-state index in [0.717, 1.165) is 0 Å². The van der Waals surface area contributed by atoms with Crippen LogP contribution in [0.4, 0.5) is 0 Å². The quantitative estimate of drug-likeness (QED) is 0.918. The van der Waals surface area contributed by atoms with Gasteiger partial charge in [-0.1, -0.05) is 11.6 Å². The van der Waals surface area contributed by atoms with E-state index in [4.69, 9.17) is 21.1 Å². The number of benzene rings is 1. The zero-order valence-corrected chi connectivity index (χ0v) is 12.4. The Morgan fingerprint density at radius 1 is 1.35 bits per heavy atom. The molecule has 0 aliphatic heterocycles. The van der Waals surface area contributed by atoms with Gasteiger partial charge in [-0.2, -0.15) is 4.31 Å². The van der Waals surface area contributed by atoms with Gasteiger partial charge in [0.05, 0.1) is 24.3 Å². The molecule has 1 heterocycles. The Labute approximate surface area is 122 Å². The molecule has 0 bridgehead atoms. The molecule has 108 valence electrons. The van der Waals surface area contributed by atoms with Crippen LogP contribution in [0, 0.1) is 0 Å². The fourth-order valence-electron chi connectivity index (χ4n) is 1.72. The lowest BCUT2D eigenvalue weighted by Crippen LogP contribution is -2.26. The molecule has 1 aromatic carbocycles. The molecule has 0 aliphatic carbocycles. The normalized spacial score (nSPS) is 12.0. The van der Waals surface area contributed by atoms with E-state index in [2.05, 4.69) is 0 Å². The van der Waals surface area contributed by atoms with Gasteiger partial charge in [-0.3, -0.25) is 0 Å². The second kappa shape index (κ2) is 5.97. The van der Waals surface area contributed by atoms with Gasteiger partial charge in [0.2, 0.25) is 10.0 Å². The number of aliphatic hydroxyl groups is 1. The largest absolute Gasteiger partial charge is 0.468 e. The minimum Gasteiger partial charge on any atom is -0.468 e. The monoisotopic (exact) mass is 315 g/mol. The predicted octanol–water partition coefficient (Wildman–Crippen LogP) is 2.25. The minimum atomic E-state index is -3.66. The molecule has 2 aromatic rings. The van der Waals surface area contributed by atoms with Crippen molar-refractivity contribution in [2.75, 3.05) is 7.05 Å². The summed E-state index contributed by atoms with van der Waals surface area (Å²) in [7, 11) is -2.20. The van der Waals surface area contributed by atoms with Crippen LogP contribution in [0.5, 0.6) is 0 Å². The number of nitrogens with zero attached hydrogens (tertiary/aromatic N) is 1. The third-order valence-electron chi connectivity index (χ3n) is 2.85. The van der Waals surface area contributed by atoms with Crippen LogP contribution in [0.1, 0.15) is 11.3 Å². The highest BCUT2D eigenvalue weighted by atomic mass is 35.5. The first-order valence-corrected chi connectivity index (χ1v) is 7.65. The number of hydrogen-bond donors (Lipinski definition) is 1. The standard InChI is InChI=1S/C13H14ClNO4S/c1-15(8-11-3-2-6-19-11)20(17,18)12-4-5-13(14)10(7-12)9-16/h2-7,16H,8-9H2,1H3. The maximum absolute atomic E-state index is 12.4. The summed E-state index contributed by atoms with van der Waals surface area (Å²) in [5.74, 6) is 0.549. The van der Waals surface area contributed by atoms with E-state index in [1.807, 2.05) is 0 Å². The Hall–Kier alpha value is -1.34. The molecule has 5 nitrogen and oxygen atoms in total. The fourth-order valence-corrected chi connectivity index (χ4v) is 3.09. The Morgan fingerprint density at radius 3 is 2.70 bits per heavy atom. The van der Waals surface area contributed by atoms with Crippen LogP contribution < -0.4 is 0 Å². The number of furan rings is 1. The van der Waals surface area contributed by atoms with Crippen LogP contribution >= 0.6 is 11.6 Å². The third kappa shape index (κ3) is 3.04. The van der Waals surface area contributed by atoms with Gasteiger partial charge in [-0.05, 0) is 35.9 Å². The van der Waals surface area contributed by atoms with Crippen LogP contribution in [0.15, 0.2) is 45.9 Å². The molecule has 0 radical (unpaired) electrons. The first-order chi connectivity index (χ1) is 9.45. The SMILES string of the molecule is CN(Cc1ccco1)S(=O)(=O)c1ccc(Cl)c(CO)c1. The Bertz CT molecular complexity index is 682. The predicted molar refractivity (Wildman–Crippen MR) is 74.7 cm³/mol. The van der Waals surface area contributed by atoms with Crippen molar-refractivity contribution in [2.45, 2.75) is 18.0 Å². The highest BCUT2D eigenvalue weighted by Crippen LogP contribution is 2.23. The summed E-state index contributed by atoms with van der Waals surface area (Å²) < 4.78 is 31.1. The number of hydrogen-bond acceptors (Lipinski definition) is 4. The van der Waals surface area contributed by atoms with Crippen molar-refractivity contribution >= 4 is 21.6 Å². The van der Waals surface area contributed by atoms with Crippen molar-refractivity contribution in [3.63, 3.8) is 0 Å². The Morgan fingerprint density at radius 2 is 2.10 bits per heavy atom. The third-order valence-corrected chi connectivity index (χ3v) is 5.02. The van der Waals surface area contributed by atoms with E-state index in [1.54, 1.807) is 12.1 Å². The van der Waals surface area contributed by atoms with Gasteiger partial charge >= 0.3 is 0 Å². The summed E-state index contributed by atoms with van der Waals surface area (Å²) in [5, 5.41) is 9.48. The maximum Gasteiger partial charge on any atom is 0.243 e. The second-order valence-electron chi connectivity index (χ2n) is 4.25. The number of rotatable bonds is 5. The molecule has 0 amide bonds. The molecule has 0 aliphatic rings. The van der Waals surface area contributed by atoms with Gasteiger partial charge in [-0.15, -0.1) is 0 Å². The van der Waals surface area contributed by atoms with Crippen molar-refractivity contribution in [2.24, 2.45) is 0 Å². The van der Waals surface area contributed by atoms with Crippen LogP contribution in [0.2, 0.25) is 5.02 Å². The summed E-state index contributed by atoms with van der Waals surface area (Å²) in [6.07, 6.45) is 1.49. The molecule has 0 saturated carbocycles. The zero-order valence-electron chi connectivity index (χ0n) is 10.8. The highest BCUT2D eigenvalue weighted by molar-refractivity contribution is 7.89. The number of sulfonamides is 1. The average Bonchev–Trinajstić information content (AvgIpc) is 2.91. The number of halogens is 1. The molecule has 2 rings (SSSR count). The van der Waals surface area contributed by atoms with E-state index in [9.17, 15) is 8.42 Å². The van der Waals surface area contributed by atoms with Crippen molar-refractivity contribution in [1.82, 2.24) is 4.31 Å². The van der Waals surface area contributed by atoms with E-state index >= 15 is 0 Å². The lowest BCUT2D eigenvalue weighted by Gasteiger charge is -2.16. The van der Waals surface area contributed by atoms with Crippen LogP contribution in [-0.4, -0.2) is 24.9 Å². The molecule has 0 fully saturated rings. The molecule has 0 unspecified atom stereocenters. The van der Waals surface area contributed by atoms with Crippen LogP contribution in [0.25, 0.3) is 0 Å². The molecule has 0 atom stereocenters. The molecule has 1 N–H and O–H groups in total. The van der Waals surface area contributed by atoms with Gasteiger partial charge < -0.3 is 9.52 Å². The summed E-state index contributed by atoms with van der Waals surface area (Å²) in [5.41, 5.74) is 0.374. The lowest BCUT2D eigenvalue weighted by molar-refractivity contribution is 0.281. The zero-order chi connectivity index (χ0) is 14.8. The van der Waals surface area contributed by atoms with Crippen molar-refractivity contribution in [3.8, 4) is 0 Å². The Kier molecular flexibility index (Phi) is 4.49. The summed E-state index contributed by atoms with van der Waals surface area (Å²) in [6, 6.07) is 7.64. The van der Waals surface area contributed by atoms with E-state index in [1.165, 1.54) is 35.8 Å². The van der Waals surface area contributed by atoms with Crippen LogP contribution in [-0.2, 0) is 23.2 Å². The molecular weight excluding hydrogens is 302 g/mol. The van der Waals surface area contributed by atoms with Crippen molar-refractivity contribution in [3.05, 3.63) is 52.9 Å². The minimum absolute atomic E-state index is 0.0833. The van der Waals surface area contributed by atoms with Gasteiger partial charge in [-0.25, -0.2) is 8.42 Å². The van der Waals surface area contributed by atoms with Gasteiger partial charge in [0, 0.05) is 12.1 Å². The molecular formula is C13H14ClNO4S. The summed E-state index contributed by atoms with van der Waals surface area (Å²) in [4.78, 5) is 0.0833. The lowest BCUT2D eigenvalue weighted by atomic mass is 10.2. The van der Waals surface area contributed by atoms with Crippen molar-refractivity contribution < 1.29 is 17.9 Å². The van der Waals surface area contributed by atoms with E-state index < -0.39 is 10.0 Å². The van der Waals surface area contributed by atoms with Crippen LogP contribution in [0.3, 0.4) is 0 Å². The molecule has 0 saturated heterocycles. The number of aliphatic hydroxyl groups excluding tert-OH is 1. The highest BCUT2D eigenvalue weighted by Gasteiger charge is 2.22. The topological polar surface area (TPSA) is 70.8 Å². The smallest absolute Gasteiger partial charge is 0.243 e. The summed E-state index contributed by atoms with van der Waals surface area (Å²) in [6.45, 7) is -0.184. The van der Waals surface area contributed by atoms with Gasteiger partial charge in [0.1, 0.15) is 5.76 Å². The molecule has 1 aromatic heterocycles. The second-order valence-corrected chi connectivity index (χ2v) is 6.70. The first kappa shape index (κ1) is 15.1. The van der Waals surface area contributed by atoms with Crippen molar-refractivity contribution in [1.29, 1.82) is 0 Å². The van der Waals surface area contributed by atoms with Gasteiger partial charge in [0.15, 0.2) is 0 Å². The average molecular weight is 316 g/mol. The van der Waals surface area contributed by atoms with E-state index in [-0.39, 0.29) is 18.0 Å². The fraction of sp³-hybridized carbons (Fsp3) is 0.231. The van der Waals surface area contributed by atoms with Gasteiger partial charge in [0.25, 0.3) is 0 Å². The Balaban J connectivity index is 2.29. The maximum atomic E-state index is 12.4. The summed E-state index contributed by atoms with van der Waals surface area (Å²) >= 11 is 5.86. The molecule has 20 heavy (non-hydrogen) atoms. The van der Waals surface area contributed by atoms with E-state index in [0.29, 0.717) is 16.3 Å². The first-order valence-electron chi connectivity index (χ1n) is 5.83. The molecule has 7 heteroatoms. The molecule has 0 spiro atoms.